The van der Waals surface area contributed by atoms with Gasteiger partial charge in [-0.2, -0.15) is 0 Å². The van der Waals surface area contributed by atoms with Gasteiger partial charge in [-0.15, -0.1) is 0 Å². The van der Waals surface area contributed by atoms with Gasteiger partial charge >= 0.3 is 0 Å². The molecule has 4 heterocycles. The van der Waals surface area contributed by atoms with Crippen LogP contribution >= 0.6 is 0 Å². The molecule has 0 unspecified atom stereocenters. The summed E-state index contributed by atoms with van der Waals surface area (Å²) in [7, 11) is 0. The lowest BCUT2D eigenvalue weighted by molar-refractivity contribution is 0.0605. The largest absolute Gasteiger partial charge is 0.330 e. The molecule has 134 valence electrons. The number of nitrogens with zero attached hydrogens (tertiary/aromatic N) is 4. The molecule has 1 N–H and O–H groups in total. The number of hydrogen-bond acceptors (Lipinski definition) is 4. The summed E-state index contributed by atoms with van der Waals surface area (Å²) in [5.74, 6) is -0.0315. The number of aryl methyl sites for hydroxylation is 1. The zero-order chi connectivity index (χ0) is 18.1. The molecule has 1 atom stereocenters. The molecule has 0 aromatic carbocycles. The molecule has 1 aliphatic heterocycles. The van der Waals surface area contributed by atoms with Gasteiger partial charge in [0.15, 0.2) is 5.65 Å². The van der Waals surface area contributed by atoms with E-state index in [0.29, 0.717) is 24.2 Å². The van der Waals surface area contributed by atoms with Crippen molar-refractivity contribution in [2.45, 2.75) is 38.6 Å². The summed E-state index contributed by atoms with van der Waals surface area (Å²) in [5.41, 5.74) is 2.68. The Morgan fingerprint density at radius 2 is 2.23 bits per heavy atom. The maximum atomic E-state index is 13.0. The number of pyridine rings is 1. The number of carbonyl (C=O) groups excluding carboxylic acids is 1. The molecule has 1 aliphatic rings. The molecule has 0 saturated carbocycles. The highest BCUT2D eigenvalue weighted by molar-refractivity contribution is 5.94. The van der Waals surface area contributed by atoms with Crippen LogP contribution in [0.5, 0.6) is 0 Å². The highest BCUT2D eigenvalue weighted by atomic mass is 16.2. The third kappa shape index (κ3) is 2.89. The van der Waals surface area contributed by atoms with Crippen molar-refractivity contribution < 1.29 is 4.79 Å². The first-order valence-electron chi connectivity index (χ1n) is 9.00. The normalized spacial score (nSPS) is 17.6. The van der Waals surface area contributed by atoms with Crippen LogP contribution in [0, 0.1) is 0 Å². The number of fused-ring (bicyclic) bond motifs is 1. The molecule has 1 amide bonds. The van der Waals surface area contributed by atoms with E-state index in [9.17, 15) is 9.59 Å². The van der Waals surface area contributed by atoms with Gasteiger partial charge in [-0.1, -0.05) is 6.92 Å². The molecule has 7 nitrogen and oxygen atoms in total. The highest BCUT2D eigenvalue weighted by Gasteiger charge is 2.30. The van der Waals surface area contributed by atoms with Crippen LogP contribution < -0.4 is 5.56 Å². The van der Waals surface area contributed by atoms with Crippen molar-refractivity contribution in [2.75, 3.05) is 6.54 Å². The number of aromatic nitrogens is 4. The third-order valence-electron chi connectivity index (χ3n) is 4.92. The van der Waals surface area contributed by atoms with Crippen molar-refractivity contribution in [3.8, 4) is 0 Å². The standard InChI is InChI=1S/C19H21N5O2/c1-2-14-10-18(25)24-17(21-14)11-15(22-24)16-7-3-4-9-23(16)19(26)13-6-5-8-20-12-13/h5-6,8,10-12,16,22H,2-4,7,9H2,1H3/t16-/m1/s1. The third-order valence-corrected chi connectivity index (χ3v) is 4.92. The van der Waals surface area contributed by atoms with Crippen molar-refractivity contribution in [3.63, 3.8) is 0 Å². The Morgan fingerprint density at radius 3 is 3.00 bits per heavy atom. The van der Waals surface area contributed by atoms with Crippen LogP contribution in [0.1, 0.15) is 54.0 Å². The average molecular weight is 351 g/mol. The lowest BCUT2D eigenvalue weighted by Crippen LogP contribution is -2.38. The summed E-state index contributed by atoms with van der Waals surface area (Å²) in [4.78, 5) is 35.7. The predicted molar refractivity (Wildman–Crippen MR) is 97.1 cm³/mol. The molecule has 26 heavy (non-hydrogen) atoms. The summed E-state index contributed by atoms with van der Waals surface area (Å²) in [6.07, 6.45) is 6.83. The smallest absolute Gasteiger partial charge is 0.272 e. The van der Waals surface area contributed by atoms with E-state index in [1.165, 1.54) is 4.52 Å². The molecule has 4 rings (SSSR count). The van der Waals surface area contributed by atoms with E-state index in [1.807, 2.05) is 17.9 Å². The molecule has 0 bridgehead atoms. The molecule has 1 fully saturated rings. The number of piperidine rings is 1. The van der Waals surface area contributed by atoms with Gasteiger partial charge in [-0.3, -0.25) is 19.7 Å². The Hall–Kier alpha value is -2.96. The number of rotatable bonds is 3. The van der Waals surface area contributed by atoms with Crippen molar-refractivity contribution >= 4 is 11.6 Å². The molecule has 0 spiro atoms. The number of aromatic amines is 1. The summed E-state index contributed by atoms with van der Waals surface area (Å²) in [6.45, 7) is 2.66. The van der Waals surface area contributed by atoms with E-state index in [-0.39, 0.29) is 17.5 Å². The van der Waals surface area contributed by atoms with Gasteiger partial charge in [-0.25, -0.2) is 9.50 Å². The van der Waals surface area contributed by atoms with E-state index < -0.39 is 0 Å². The number of H-pyrrole nitrogens is 1. The fourth-order valence-corrected chi connectivity index (χ4v) is 3.56. The van der Waals surface area contributed by atoms with Gasteiger partial charge in [0.1, 0.15) is 0 Å². The molecular formula is C19H21N5O2. The highest BCUT2D eigenvalue weighted by Crippen LogP contribution is 2.31. The van der Waals surface area contributed by atoms with E-state index in [2.05, 4.69) is 15.1 Å². The molecular weight excluding hydrogens is 330 g/mol. The zero-order valence-corrected chi connectivity index (χ0v) is 14.7. The van der Waals surface area contributed by atoms with Gasteiger partial charge < -0.3 is 4.90 Å². The number of likely N-dealkylation sites (tertiary alicyclic amines) is 1. The minimum atomic E-state index is -0.126. The molecule has 7 heteroatoms. The topological polar surface area (TPSA) is 83.4 Å². The van der Waals surface area contributed by atoms with Crippen molar-refractivity contribution in [1.82, 2.24) is 24.5 Å². The van der Waals surface area contributed by atoms with E-state index in [4.69, 9.17) is 0 Å². The first kappa shape index (κ1) is 16.5. The monoisotopic (exact) mass is 351 g/mol. The van der Waals surface area contributed by atoms with Crippen LogP contribution in [0.2, 0.25) is 0 Å². The number of nitrogens with one attached hydrogen (secondary N) is 1. The Morgan fingerprint density at radius 1 is 1.35 bits per heavy atom. The Bertz CT molecular complexity index is 992. The fourth-order valence-electron chi connectivity index (χ4n) is 3.56. The van der Waals surface area contributed by atoms with Crippen molar-refractivity contribution in [2.24, 2.45) is 0 Å². The van der Waals surface area contributed by atoms with E-state index in [0.717, 1.165) is 30.7 Å². The second-order valence-electron chi connectivity index (χ2n) is 6.60. The van der Waals surface area contributed by atoms with E-state index >= 15 is 0 Å². The van der Waals surface area contributed by atoms with Gasteiger partial charge in [0.25, 0.3) is 11.5 Å². The second-order valence-corrected chi connectivity index (χ2v) is 6.60. The van der Waals surface area contributed by atoms with Crippen LogP contribution in [0.15, 0.2) is 41.5 Å². The number of hydrogen-bond donors (Lipinski definition) is 1. The molecule has 1 saturated heterocycles. The maximum Gasteiger partial charge on any atom is 0.272 e. The van der Waals surface area contributed by atoms with Gasteiger partial charge in [0.05, 0.1) is 17.3 Å². The maximum absolute atomic E-state index is 13.0. The quantitative estimate of drug-likeness (QED) is 0.785. The van der Waals surface area contributed by atoms with Crippen LogP contribution in [0.25, 0.3) is 5.65 Å². The van der Waals surface area contributed by atoms with Crippen LogP contribution in [0.3, 0.4) is 0 Å². The first-order valence-corrected chi connectivity index (χ1v) is 9.00. The van der Waals surface area contributed by atoms with Crippen LogP contribution in [-0.2, 0) is 6.42 Å². The SMILES string of the molecule is CCc1cc(=O)n2[nH]c([C@H]3CCCCN3C(=O)c3cccnc3)cc2n1. The van der Waals surface area contributed by atoms with Crippen LogP contribution in [-0.4, -0.2) is 36.9 Å². The van der Waals surface area contributed by atoms with Crippen LogP contribution in [0.4, 0.5) is 0 Å². The van der Waals surface area contributed by atoms with Crippen molar-refractivity contribution in [1.29, 1.82) is 0 Å². The number of amides is 1. The summed E-state index contributed by atoms with van der Waals surface area (Å²) in [6, 6.07) is 6.89. The summed E-state index contributed by atoms with van der Waals surface area (Å²) >= 11 is 0. The Kier molecular flexibility index (Phi) is 4.28. The molecule has 0 aliphatic carbocycles. The lowest BCUT2D eigenvalue weighted by Gasteiger charge is -2.35. The summed E-state index contributed by atoms with van der Waals surface area (Å²) < 4.78 is 1.45. The number of carbonyl (C=O) groups is 1. The lowest BCUT2D eigenvalue weighted by atomic mass is 9.98. The van der Waals surface area contributed by atoms with Crippen molar-refractivity contribution in [3.05, 3.63) is 64.0 Å². The molecule has 0 radical (unpaired) electrons. The van der Waals surface area contributed by atoms with Gasteiger partial charge in [0.2, 0.25) is 0 Å². The fraction of sp³-hybridized carbons (Fsp3) is 0.368. The molecule has 3 aromatic heterocycles. The Labute approximate surface area is 150 Å². The average Bonchev–Trinajstić information content (AvgIpc) is 3.12. The minimum Gasteiger partial charge on any atom is -0.330 e. The first-order chi connectivity index (χ1) is 12.7. The second kappa shape index (κ2) is 6.74. The Balaban J connectivity index is 1.72. The van der Waals surface area contributed by atoms with Gasteiger partial charge in [-0.05, 0) is 37.8 Å². The summed E-state index contributed by atoms with van der Waals surface area (Å²) in [5, 5.41) is 3.15. The van der Waals surface area contributed by atoms with Gasteiger partial charge in [0, 0.05) is 36.8 Å². The molecule has 3 aromatic rings. The predicted octanol–water partition coefficient (Wildman–Crippen LogP) is 2.35. The zero-order valence-electron chi connectivity index (χ0n) is 14.7. The van der Waals surface area contributed by atoms with E-state index in [1.54, 1.807) is 30.6 Å². The minimum absolute atomic E-state index is 0.0315.